The number of hydrogen-bond donors (Lipinski definition) is 1. The molecule has 13 heteroatoms. The minimum Gasteiger partial charge on any atom is -0.490 e. The van der Waals surface area contributed by atoms with E-state index in [0.29, 0.717) is 45.5 Å². The van der Waals surface area contributed by atoms with Gasteiger partial charge in [-0.15, -0.1) is 0 Å². The number of thioether (sulfide) groups is 1. The summed E-state index contributed by atoms with van der Waals surface area (Å²) in [6.07, 6.45) is 1.49. The lowest BCUT2D eigenvalue weighted by atomic mass is 10.1. The van der Waals surface area contributed by atoms with Gasteiger partial charge >= 0.3 is 0 Å². The van der Waals surface area contributed by atoms with E-state index in [9.17, 15) is 28.9 Å². The predicted octanol–water partition coefficient (Wildman–Crippen LogP) is 6.15. The van der Waals surface area contributed by atoms with Crippen LogP contribution < -0.4 is 14.8 Å². The maximum Gasteiger partial charge on any atom is 0.294 e. The van der Waals surface area contributed by atoms with Gasteiger partial charge in [0, 0.05) is 16.6 Å². The lowest BCUT2D eigenvalue weighted by Crippen LogP contribution is -2.36. The normalized spacial score (nSPS) is 14.0. The first-order valence-corrected chi connectivity index (χ1v) is 13.4. The van der Waals surface area contributed by atoms with Crippen molar-refractivity contribution in [1.29, 1.82) is 0 Å². The number of nitrogens with zero attached hydrogens (tertiary/aromatic N) is 2. The molecule has 0 atom stereocenters. The zero-order chi connectivity index (χ0) is 28.8. The number of imide groups is 1. The monoisotopic (exact) mass is 629 g/mol. The zero-order valence-electron chi connectivity index (χ0n) is 20.9. The van der Waals surface area contributed by atoms with E-state index < -0.39 is 34.3 Å². The van der Waals surface area contributed by atoms with Crippen LogP contribution in [-0.4, -0.2) is 40.0 Å². The van der Waals surface area contributed by atoms with Gasteiger partial charge in [-0.05, 0) is 72.3 Å². The van der Waals surface area contributed by atoms with Gasteiger partial charge in [0.25, 0.3) is 16.8 Å². The molecule has 1 aliphatic heterocycles. The van der Waals surface area contributed by atoms with Gasteiger partial charge in [0.1, 0.15) is 19.0 Å². The molecule has 1 saturated heterocycles. The molecular weight excluding hydrogens is 609 g/mol. The molecule has 1 fully saturated rings. The van der Waals surface area contributed by atoms with Crippen molar-refractivity contribution in [3.8, 4) is 11.5 Å². The van der Waals surface area contributed by atoms with Crippen molar-refractivity contribution in [1.82, 2.24) is 4.90 Å². The minimum atomic E-state index is -0.719. The van der Waals surface area contributed by atoms with Gasteiger partial charge in [-0.25, -0.2) is 4.39 Å². The summed E-state index contributed by atoms with van der Waals surface area (Å²) in [4.78, 5) is 49.1. The molecule has 0 aliphatic carbocycles. The van der Waals surface area contributed by atoms with Crippen LogP contribution in [0.3, 0.4) is 0 Å². The molecule has 3 aromatic carbocycles. The summed E-state index contributed by atoms with van der Waals surface area (Å²) in [7, 11) is 0. The second-order valence-electron chi connectivity index (χ2n) is 8.26. The van der Waals surface area contributed by atoms with Gasteiger partial charge in [0.2, 0.25) is 5.91 Å². The Morgan fingerprint density at radius 2 is 1.82 bits per heavy atom. The SMILES string of the molecule is CCOc1cc(/C=C2\SC(=O)N(CC(=O)Nc3ccccc3F)C2=O)c(Br)cc1OCc1ccc([N+](=O)[O-])cc1. The number of anilines is 1. The molecule has 1 aliphatic rings. The number of non-ortho nitro benzene ring substituents is 1. The Bertz CT molecular complexity index is 1510. The summed E-state index contributed by atoms with van der Waals surface area (Å²) in [6, 6.07) is 14.8. The molecule has 0 bridgehead atoms. The Morgan fingerprint density at radius 3 is 2.50 bits per heavy atom. The maximum atomic E-state index is 13.8. The van der Waals surface area contributed by atoms with Crippen LogP contribution in [-0.2, 0) is 16.2 Å². The molecule has 3 aromatic rings. The number of hydrogen-bond acceptors (Lipinski definition) is 8. The molecule has 1 N–H and O–H groups in total. The van der Waals surface area contributed by atoms with Gasteiger partial charge < -0.3 is 14.8 Å². The van der Waals surface area contributed by atoms with Crippen molar-refractivity contribution >= 4 is 62.2 Å². The van der Waals surface area contributed by atoms with E-state index in [1.165, 1.54) is 36.4 Å². The van der Waals surface area contributed by atoms with E-state index >= 15 is 0 Å². The highest BCUT2D eigenvalue weighted by Gasteiger charge is 2.36. The fraction of sp³-hybridized carbons (Fsp3) is 0.148. The van der Waals surface area contributed by atoms with Gasteiger partial charge in [-0.2, -0.15) is 0 Å². The second kappa shape index (κ2) is 12.7. The summed E-state index contributed by atoms with van der Waals surface area (Å²) in [5.41, 5.74) is 1.15. The Kier molecular flexibility index (Phi) is 9.17. The van der Waals surface area contributed by atoms with E-state index in [-0.39, 0.29) is 22.9 Å². The van der Waals surface area contributed by atoms with Crippen molar-refractivity contribution in [2.75, 3.05) is 18.5 Å². The van der Waals surface area contributed by atoms with Crippen LogP contribution in [0.25, 0.3) is 6.08 Å². The lowest BCUT2D eigenvalue weighted by Gasteiger charge is -2.14. The summed E-state index contributed by atoms with van der Waals surface area (Å²) in [5.74, 6) is -1.26. The third kappa shape index (κ3) is 6.85. The highest BCUT2D eigenvalue weighted by atomic mass is 79.9. The van der Waals surface area contributed by atoms with Crippen molar-refractivity contribution in [2.24, 2.45) is 0 Å². The molecule has 0 unspecified atom stereocenters. The van der Waals surface area contributed by atoms with Crippen LogP contribution in [0.15, 0.2) is 70.0 Å². The third-order valence-electron chi connectivity index (χ3n) is 5.51. The summed E-state index contributed by atoms with van der Waals surface area (Å²) < 4.78 is 26.0. The lowest BCUT2D eigenvalue weighted by molar-refractivity contribution is -0.384. The first kappa shape index (κ1) is 28.8. The Morgan fingerprint density at radius 1 is 1.12 bits per heavy atom. The Hall–Kier alpha value is -4.23. The number of rotatable bonds is 10. The predicted molar refractivity (Wildman–Crippen MR) is 150 cm³/mol. The Labute approximate surface area is 240 Å². The maximum absolute atomic E-state index is 13.8. The molecule has 10 nitrogen and oxygen atoms in total. The summed E-state index contributed by atoms with van der Waals surface area (Å²) in [5, 5.41) is 12.6. The smallest absolute Gasteiger partial charge is 0.294 e. The molecule has 206 valence electrons. The average Bonchev–Trinajstić information content (AvgIpc) is 3.18. The van der Waals surface area contributed by atoms with Crippen LogP contribution in [0.1, 0.15) is 18.1 Å². The molecule has 0 aromatic heterocycles. The second-order valence-corrected chi connectivity index (χ2v) is 10.1. The fourth-order valence-electron chi connectivity index (χ4n) is 3.59. The molecule has 3 amide bonds. The number of nitrogens with one attached hydrogen (secondary N) is 1. The standard InChI is InChI=1S/C27H21BrFN3O7S/c1-2-38-22-11-17(19(28)13-23(22)39-15-16-7-9-18(10-8-16)32(36)37)12-24-26(34)31(27(35)40-24)14-25(33)30-21-6-4-3-5-20(21)29/h3-13H,2,14-15H2,1H3,(H,30,33)/b24-12-. The van der Waals surface area contributed by atoms with E-state index in [0.717, 1.165) is 4.90 Å². The number of nitro benzene ring substituents is 1. The van der Waals surface area contributed by atoms with E-state index in [1.807, 2.05) is 0 Å². The van der Waals surface area contributed by atoms with E-state index in [1.54, 1.807) is 37.3 Å². The fourth-order valence-corrected chi connectivity index (χ4v) is 4.86. The van der Waals surface area contributed by atoms with Crippen LogP contribution in [0, 0.1) is 15.9 Å². The number of carbonyl (C=O) groups is 3. The van der Waals surface area contributed by atoms with Gasteiger partial charge in [-0.3, -0.25) is 29.4 Å². The Balaban J connectivity index is 1.48. The highest BCUT2D eigenvalue weighted by Crippen LogP contribution is 2.38. The summed E-state index contributed by atoms with van der Waals surface area (Å²) >= 11 is 4.13. The zero-order valence-corrected chi connectivity index (χ0v) is 23.3. The van der Waals surface area contributed by atoms with Crippen LogP contribution in [0.5, 0.6) is 11.5 Å². The number of benzene rings is 3. The number of amides is 3. The number of carbonyl (C=O) groups excluding carboxylic acids is 3. The third-order valence-corrected chi connectivity index (χ3v) is 7.11. The van der Waals surface area contributed by atoms with Crippen molar-refractivity contribution in [3.63, 3.8) is 0 Å². The van der Waals surface area contributed by atoms with Gasteiger partial charge in [-0.1, -0.05) is 28.1 Å². The topological polar surface area (TPSA) is 128 Å². The molecule has 40 heavy (non-hydrogen) atoms. The van der Waals surface area contributed by atoms with Crippen molar-refractivity contribution in [2.45, 2.75) is 13.5 Å². The highest BCUT2D eigenvalue weighted by molar-refractivity contribution is 9.10. The molecule has 4 rings (SSSR count). The molecule has 0 saturated carbocycles. The summed E-state index contributed by atoms with van der Waals surface area (Å²) in [6.45, 7) is 1.66. The quantitative estimate of drug-likeness (QED) is 0.161. The molecule has 0 spiro atoms. The van der Waals surface area contributed by atoms with E-state index in [2.05, 4.69) is 21.2 Å². The number of ether oxygens (including phenoxy) is 2. The number of halogens is 2. The minimum absolute atomic E-state index is 0.0269. The van der Waals surface area contributed by atoms with Crippen LogP contribution in [0.2, 0.25) is 0 Å². The van der Waals surface area contributed by atoms with Crippen molar-refractivity contribution in [3.05, 3.63) is 97.1 Å². The van der Waals surface area contributed by atoms with Crippen LogP contribution in [0.4, 0.5) is 20.6 Å². The first-order chi connectivity index (χ1) is 19.2. The molecule has 0 radical (unpaired) electrons. The molecular formula is C27H21BrFN3O7S. The van der Waals surface area contributed by atoms with E-state index in [4.69, 9.17) is 9.47 Å². The van der Waals surface area contributed by atoms with Gasteiger partial charge in [0.05, 0.1) is 22.1 Å². The van der Waals surface area contributed by atoms with Crippen LogP contribution >= 0.6 is 27.7 Å². The molecule has 1 heterocycles. The van der Waals surface area contributed by atoms with Crippen molar-refractivity contribution < 1.29 is 33.2 Å². The first-order valence-electron chi connectivity index (χ1n) is 11.8. The number of para-hydroxylation sites is 1. The van der Waals surface area contributed by atoms with Gasteiger partial charge in [0.15, 0.2) is 11.5 Å². The number of nitro groups is 1. The largest absolute Gasteiger partial charge is 0.490 e. The average molecular weight is 630 g/mol.